The molecule has 1 fully saturated rings. The summed E-state index contributed by atoms with van der Waals surface area (Å²) in [5, 5.41) is 12.5. The number of nitrogens with one attached hydrogen (secondary N) is 1. The van der Waals surface area contributed by atoms with Crippen LogP contribution >= 0.6 is 0 Å². The number of piperidine rings is 1. The predicted octanol–water partition coefficient (Wildman–Crippen LogP) is 1.63. The van der Waals surface area contributed by atoms with Gasteiger partial charge in [-0.05, 0) is 43.5 Å². The number of ether oxygens (including phenoxy) is 1. The van der Waals surface area contributed by atoms with E-state index in [1.165, 1.54) is 6.07 Å². The lowest BCUT2D eigenvalue weighted by Crippen LogP contribution is -2.40. The zero-order chi connectivity index (χ0) is 15.1. The molecule has 0 bridgehead atoms. The summed E-state index contributed by atoms with van der Waals surface area (Å²) in [6.07, 6.45) is 2.27. The fourth-order valence-electron chi connectivity index (χ4n) is 2.78. The second-order valence-electron chi connectivity index (χ2n) is 5.63. The third kappa shape index (κ3) is 4.95. The van der Waals surface area contributed by atoms with Crippen LogP contribution in [0, 0.1) is 11.7 Å². The van der Waals surface area contributed by atoms with E-state index in [0.717, 1.165) is 39.0 Å². The average Bonchev–Trinajstić information content (AvgIpc) is 2.53. The third-order valence-corrected chi connectivity index (χ3v) is 4.03. The van der Waals surface area contributed by atoms with Crippen LogP contribution < -0.4 is 10.1 Å². The van der Waals surface area contributed by atoms with E-state index in [1.54, 1.807) is 19.2 Å². The first kappa shape index (κ1) is 16.2. The summed E-state index contributed by atoms with van der Waals surface area (Å²) < 4.78 is 18.8. The minimum atomic E-state index is -0.207. The first-order chi connectivity index (χ1) is 10.2. The highest BCUT2D eigenvalue weighted by atomic mass is 19.1. The molecule has 0 amide bonds. The molecule has 4 nitrogen and oxygen atoms in total. The minimum Gasteiger partial charge on any atom is -0.497 e. The van der Waals surface area contributed by atoms with Crippen molar-refractivity contribution >= 4 is 0 Å². The molecule has 0 spiro atoms. The van der Waals surface area contributed by atoms with Crippen LogP contribution in [0.15, 0.2) is 18.2 Å². The van der Waals surface area contributed by atoms with Crippen LogP contribution in [-0.4, -0.2) is 49.9 Å². The highest BCUT2D eigenvalue weighted by Gasteiger charge is 2.18. The van der Waals surface area contributed by atoms with E-state index in [9.17, 15) is 9.50 Å². The number of likely N-dealkylation sites (tertiary alicyclic amines) is 1. The zero-order valence-corrected chi connectivity index (χ0v) is 12.6. The molecular formula is C16H25FN2O2. The molecule has 1 atom stereocenters. The maximum atomic E-state index is 13.7. The summed E-state index contributed by atoms with van der Waals surface area (Å²) in [6, 6.07) is 4.79. The molecule has 1 aliphatic heterocycles. The summed E-state index contributed by atoms with van der Waals surface area (Å²) in [4.78, 5) is 2.36. The predicted molar refractivity (Wildman–Crippen MR) is 80.9 cm³/mol. The molecule has 5 heteroatoms. The highest BCUT2D eigenvalue weighted by Crippen LogP contribution is 2.17. The monoisotopic (exact) mass is 296 g/mol. The van der Waals surface area contributed by atoms with Gasteiger partial charge in [0.25, 0.3) is 0 Å². The lowest BCUT2D eigenvalue weighted by Gasteiger charge is -2.31. The van der Waals surface area contributed by atoms with Gasteiger partial charge in [0.1, 0.15) is 11.6 Å². The summed E-state index contributed by atoms with van der Waals surface area (Å²) in [5.41, 5.74) is 0.626. The Morgan fingerprint density at radius 2 is 2.33 bits per heavy atom. The number of aliphatic hydroxyl groups excluding tert-OH is 1. The van der Waals surface area contributed by atoms with E-state index < -0.39 is 0 Å². The quantitative estimate of drug-likeness (QED) is 0.751. The summed E-state index contributed by atoms with van der Waals surface area (Å²) in [6.45, 7) is 4.58. The van der Waals surface area contributed by atoms with Crippen LogP contribution in [0.1, 0.15) is 18.4 Å². The molecule has 1 saturated heterocycles. The molecule has 21 heavy (non-hydrogen) atoms. The molecule has 2 N–H and O–H groups in total. The van der Waals surface area contributed by atoms with Crippen molar-refractivity contribution < 1.29 is 14.2 Å². The number of rotatable bonds is 7. The summed E-state index contributed by atoms with van der Waals surface area (Å²) >= 11 is 0. The van der Waals surface area contributed by atoms with Crippen LogP contribution in [-0.2, 0) is 6.54 Å². The van der Waals surface area contributed by atoms with Gasteiger partial charge in [-0.3, -0.25) is 0 Å². The average molecular weight is 296 g/mol. The van der Waals surface area contributed by atoms with Crippen molar-refractivity contribution in [3.8, 4) is 5.75 Å². The Balaban J connectivity index is 1.72. The maximum Gasteiger partial charge on any atom is 0.127 e. The van der Waals surface area contributed by atoms with Crippen molar-refractivity contribution in [3.05, 3.63) is 29.6 Å². The molecule has 118 valence electrons. The van der Waals surface area contributed by atoms with E-state index in [1.807, 2.05) is 0 Å². The number of hydrogen-bond donors (Lipinski definition) is 2. The Hall–Kier alpha value is -1.17. The number of benzene rings is 1. The molecule has 1 aromatic carbocycles. The van der Waals surface area contributed by atoms with Crippen molar-refractivity contribution in [2.24, 2.45) is 5.92 Å². The van der Waals surface area contributed by atoms with Crippen molar-refractivity contribution in [1.29, 1.82) is 0 Å². The van der Waals surface area contributed by atoms with Crippen LogP contribution in [0.5, 0.6) is 5.75 Å². The minimum absolute atomic E-state index is 0.207. The van der Waals surface area contributed by atoms with Gasteiger partial charge in [-0.25, -0.2) is 4.39 Å². The van der Waals surface area contributed by atoms with E-state index in [0.29, 0.717) is 23.8 Å². The second kappa shape index (κ2) is 8.32. The van der Waals surface area contributed by atoms with E-state index in [4.69, 9.17) is 4.74 Å². The lowest BCUT2D eigenvalue weighted by atomic mass is 9.99. The molecule has 1 heterocycles. The van der Waals surface area contributed by atoms with Crippen LogP contribution in [0.2, 0.25) is 0 Å². The zero-order valence-electron chi connectivity index (χ0n) is 12.6. The topological polar surface area (TPSA) is 44.7 Å². The third-order valence-electron chi connectivity index (χ3n) is 4.03. The van der Waals surface area contributed by atoms with Crippen molar-refractivity contribution in [2.45, 2.75) is 19.4 Å². The molecular weight excluding hydrogens is 271 g/mol. The van der Waals surface area contributed by atoms with Crippen molar-refractivity contribution in [1.82, 2.24) is 10.2 Å². The smallest absolute Gasteiger partial charge is 0.127 e. The van der Waals surface area contributed by atoms with Gasteiger partial charge in [-0.1, -0.05) is 0 Å². The van der Waals surface area contributed by atoms with Crippen LogP contribution in [0.3, 0.4) is 0 Å². The number of nitrogens with zero attached hydrogens (tertiary/aromatic N) is 1. The van der Waals surface area contributed by atoms with Gasteiger partial charge in [-0.2, -0.15) is 0 Å². The van der Waals surface area contributed by atoms with Crippen LogP contribution in [0.25, 0.3) is 0 Å². The normalized spacial score (nSPS) is 19.7. The molecule has 0 aromatic heterocycles. The van der Waals surface area contributed by atoms with Gasteiger partial charge in [0.05, 0.1) is 7.11 Å². The Bertz CT molecular complexity index is 442. The summed E-state index contributed by atoms with van der Waals surface area (Å²) in [5.74, 6) is 0.881. The van der Waals surface area contributed by atoms with Gasteiger partial charge < -0.3 is 20.1 Å². The molecule has 1 aromatic rings. The molecule has 1 aliphatic rings. The van der Waals surface area contributed by atoms with Crippen molar-refractivity contribution in [2.75, 3.05) is 39.9 Å². The first-order valence-electron chi connectivity index (χ1n) is 7.59. The number of aliphatic hydroxyl groups is 1. The second-order valence-corrected chi connectivity index (χ2v) is 5.63. The first-order valence-corrected chi connectivity index (χ1v) is 7.59. The Labute approximate surface area is 125 Å². The number of methoxy groups -OCH3 is 1. The molecule has 0 radical (unpaired) electrons. The molecule has 2 rings (SSSR count). The highest BCUT2D eigenvalue weighted by molar-refractivity contribution is 5.29. The SMILES string of the molecule is COc1ccc(F)c(CNCCN2CCCC(CO)C2)c1. The van der Waals surface area contributed by atoms with Crippen LogP contribution in [0.4, 0.5) is 4.39 Å². The summed E-state index contributed by atoms with van der Waals surface area (Å²) in [7, 11) is 1.58. The van der Waals surface area contributed by atoms with Gasteiger partial charge >= 0.3 is 0 Å². The van der Waals surface area contributed by atoms with Gasteiger partial charge in [0.15, 0.2) is 0 Å². The largest absolute Gasteiger partial charge is 0.497 e. The van der Waals surface area contributed by atoms with E-state index in [-0.39, 0.29) is 12.4 Å². The Kier molecular flexibility index (Phi) is 6.42. The molecule has 1 unspecified atom stereocenters. The molecule has 0 aliphatic carbocycles. The fraction of sp³-hybridized carbons (Fsp3) is 0.625. The van der Waals surface area contributed by atoms with Gasteiger partial charge in [0.2, 0.25) is 0 Å². The van der Waals surface area contributed by atoms with Gasteiger partial charge in [0, 0.05) is 38.3 Å². The fourth-order valence-corrected chi connectivity index (χ4v) is 2.78. The number of hydrogen-bond acceptors (Lipinski definition) is 4. The van der Waals surface area contributed by atoms with E-state index in [2.05, 4.69) is 10.2 Å². The van der Waals surface area contributed by atoms with E-state index >= 15 is 0 Å². The van der Waals surface area contributed by atoms with Crippen molar-refractivity contribution in [3.63, 3.8) is 0 Å². The Morgan fingerprint density at radius 1 is 1.48 bits per heavy atom. The molecule has 0 saturated carbocycles. The Morgan fingerprint density at radius 3 is 3.10 bits per heavy atom. The standard InChI is InChI=1S/C16H25FN2O2/c1-21-15-4-5-16(17)14(9-15)10-18-6-8-19-7-2-3-13(11-19)12-20/h4-5,9,13,18,20H,2-3,6-8,10-12H2,1H3. The van der Waals surface area contributed by atoms with Gasteiger partial charge in [-0.15, -0.1) is 0 Å². The lowest BCUT2D eigenvalue weighted by molar-refractivity contribution is 0.121. The maximum absolute atomic E-state index is 13.7. The number of halogens is 1.